The third kappa shape index (κ3) is 6.00. The standard InChI is InChI=1S/C17H27F2N/c1-5-9-20-16(17(2,3)4)8-6-7-13-10-14(18)12-15(19)11-13/h10-12,16,20H,5-9H2,1-4H3. The lowest BCUT2D eigenvalue weighted by molar-refractivity contribution is 0.251. The van der Waals surface area contributed by atoms with Gasteiger partial charge in [-0.2, -0.15) is 0 Å². The number of hydrogen-bond acceptors (Lipinski definition) is 1. The van der Waals surface area contributed by atoms with E-state index in [1.165, 1.54) is 12.1 Å². The van der Waals surface area contributed by atoms with Gasteiger partial charge in [0.15, 0.2) is 0 Å². The summed E-state index contributed by atoms with van der Waals surface area (Å²) in [4.78, 5) is 0. The first-order valence-corrected chi connectivity index (χ1v) is 7.51. The second-order valence-electron chi connectivity index (χ2n) is 6.54. The summed E-state index contributed by atoms with van der Waals surface area (Å²) in [6.07, 6.45) is 3.78. The fourth-order valence-electron chi connectivity index (χ4n) is 2.43. The summed E-state index contributed by atoms with van der Waals surface area (Å²) >= 11 is 0. The summed E-state index contributed by atoms with van der Waals surface area (Å²) in [5.41, 5.74) is 0.938. The molecule has 0 aliphatic rings. The van der Waals surface area contributed by atoms with Gasteiger partial charge in [-0.15, -0.1) is 0 Å². The second kappa shape index (κ2) is 7.72. The molecule has 1 rings (SSSR count). The van der Waals surface area contributed by atoms with Crippen LogP contribution in [0.2, 0.25) is 0 Å². The van der Waals surface area contributed by atoms with Crippen molar-refractivity contribution in [1.82, 2.24) is 5.32 Å². The van der Waals surface area contributed by atoms with Crippen molar-refractivity contribution in [3.63, 3.8) is 0 Å². The summed E-state index contributed by atoms with van der Waals surface area (Å²) in [6.45, 7) is 9.84. The Bertz CT molecular complexity index is 390. The molecule has 0 radical (unpaired) electrons. The molecule has 0 spiro atoms. The Morgan fingerprint density at radius 2 is 1.70 bits per heavy atom. The molecule has 1 unspecified atom stereocenters. The van der Waals surface area contributed by atoms with Crippen molar-refractivity contribution in [2.24, 2.45) is 5.41 Å². The van der Waals surface area contributed by atoms with Gasteiger partial charge in [0.2, 0.25) is 0 Å². The summed E-state index contributed by atoms with van der Waals surface area (Å²) in [6, 6.07) is 4.20. The van der Waals surface area contributed by atoms with Gasteiger partial charge in [0.05, 0.1) is 0 Å². The van der Waals surface area contributed by atoms with Gasteiger partial charge in [-0.3, -0.25) is 0 Å². The Hall–Kier alpha value is -0.960. The number of halogens is 2. The number of aryl methyl sites for hydroxylation is 1. The Balaban J connectivity index is 2.51. The summed E-state index contributed by atoms with van der Waals surface area (Å²) in [5.74, 6) is -0.979. The van der Waals surface area contributed by atoms with Crippen molar-refractivity contribution in [2.75, 3.05) is 6.54 Å². The van der Waals surface area contributed by atoms with E-state index in [1.54, 1.807) is 0 Å². The zero-order chi connectivity index (χ0) is 15.2. The second-order valence-corrected chi connectivity index (χ2v) is 6.54. The first kappa shape index (κ1) is 17.1. The maximum atomic E-state index is 13.1. The van der Waals surface area contributed by atoms with E-state index in [-0.39, 0.29) is 5.41 Å². The monoisotopic (exact) mass is 283 g/mol. The molecule has 0 fully saturated rings. The van der Waals surface area contributed by atoms with Crippen LogP contribution in [0.15, 0.2) is 18.2 Å². The number of hydrogen-bond donors (Lipinski definition) is 1. The van der Waals surface area contributed by atoms with Crippen molar-refractivity contribution in [3.8, 4) is 0 Å². The van der Waals surface area contributed by atoms with E-state index in [2.05, 4.69) is 33.0 Å². The molecule has 1 aromatic carbocycles. The highest BCUT2D eigenvalue weighted by molar-refractivity contribution is 5.17. The quantitative estimate of drug-likeness (QED) is 0.764. The van der Waals surface area contributed by atoms with Gasteiger partial charge in [0, 0.05) is 12.1 Å². The van der Waals surface area contributed by atoms with Crippen molar-refractivity contribution >= 4 is 0 Å². The molecule has 1 atom stereocenters. The number of nitrogens with one attached hydrogen (secondary N) is 1. The van der Waals surface area contributed by atoms with Crippen LogP contribution in [0.25, 0.3) is 0 Å². The Labute approximate surface area is 121 Å². The molecule has 1 aromatic rings. The largest absolute Gasteiger partial charge is 0.313 e. The molecule has 0 aliphatic heterocycles. The van der Waals surface area contributed by atoms with Crippen molar-refractivity contribution in [2.45, 2.75) is 59.4 Å². The predicted octanol–water partition coefficient (Wildman–Crippen LogP) is 4.70. The van der Waals surface area contributed by atoms with E-state index in [0.717, 1.165) is 43.9 Å². The fraction of sp³-hybridized carbons (Fsp3) is 0.647. The Kier molecular flexibility index (Phi) is 6.60. The maximum absolute atomic E-state index is 13.1. The van der Waals surface area contributed by atoms with Gasteiger partial charge < -0.3 is 5.32 Å². The third-order valence-electron chi connectivity index (χ3n) is 3.57. The van der Waals surface area contributed by atoms with Crippen molar-refractivity contribution in [3.05, 3.63) is 35.4 Å². The van der Waals surface area contributed by atoms with Gasteiger partial charge in [-0.1, -0.05) is 27.7 Å². The molecule has 0 heterocycles. The van der Waals surface area contributed by atoms with Crippen LogP contribution < -0.4 is 5.32 Å². The van der Waals surface area contributed by atoms with E-state index < -0.39 is 11.6 Å². The summed E-state index contributed by atoms with van der Waals surface area (Å²) < 4.78 is 26.2. The molecule has 1 N–H and O–H groups in total. The lowest BCUT2D eigenvalue weighted by Gasteiger charge is -2.32. The Morgan fingerprint density at radius 3 is 2.20 bits per heavy atom. The van der Waals surface area contributed by atoms with Gasteiger partial charge in [-0.05, 0) is 55.3 Å². The first-order chi connectivity index (χ1) is 9.32. The van der Waals surface area contributed by atoms with Crippen molar-refractivity contribution < 1.29 is 8.78 Å². The summed E-state index contributed by atoms with van der Waals surface area (Å²) in [5, 5.41) is 3.57. The summed E-state index contributed by atoms with van der Waals surface area (Å²) in [7, 11) is 0. The lowest BCUT2D eigenvalue weighted by Crippen LogP contribution is -2.40. The Morgan fingerprint density at radius 1 is 1.10 bits per heavy atom. The van der Waals surface area contributed by atoms with Crippen LogP contribution in [0.4, 0.5) is 8.78 Å². The van der Waals surface area contributed by atoms with Crippen LogP contribution in [0.5, 0.6) is 0 Å². The third-order valence-corrected chi connectivity index (χ3v) is 3.57. The molecule has 3 heteroatoms. The molecule has 114 valence electrons. The van der Waals surface area contributed by atoms with Crippen LogP contribution in [0, 0.1) is 17.0 Å². The van der Waals surface area contributed by atoms with Gasteiger partial charge in [0.1, 0.15) is 11.6 Å². The first-order valence-electron chi connectivity index (χ1n) is 7.51. The lowest BCUT2D eigenvalue weighted by atomic mass is 9.83. The smallest absolute Gasteiger partial charge is 0.126 e. The van der Waals surface area contributed by atoms with Crippen LogP contribution in [-0.2, 0) is 6.42 Å². The van der Waals surface area contributed by atoms with E-state index in [9.17, 15) is 8.78 Å². The van der Waals surface area contributed by atoms with E-state index in [4.69, 9.17) is 0 Å². The minimum Gasteiger partial charge on any atom is -0.313 e. The van der Waals surface area contributed by atoms with Gasteiger partial charge >= 0.3 is 0 Å². The topological polar surface area (TPSA) is 12.0 Å². The van der Waals surface area contributed by atoms with E-state index >= 15 is 0 Å². The zero-order valence-electron chi connectivity index (χ0n) is 13.1. The molecular weight excluding hydrogens is 256 g/mol. The number of rotatable bonds is 7. The zero-order valence-corrected chi connectivity index (χ0v) is 13.1. The molecule has 0 saturated heterocycles. The average Bonchev–Trinajstić information content (AvgIpc) is 2.30. The molecule has 0 aliphatic carbocycles. The van der Waals surface area contributed by atoms with Gasteiger partial charge in [-0.25, -0.2) is 8.78 Å². The fourth-order valence-corrected chi connectivity index (χ4v) is 2.43. The van der Waals surface area contributed by atoms with E-state index in [1.807, 2.05) is 0 Å². The highest BCUT2D eigenvalue weighted by Gasteiger charge is 2.23. The van der Waals surface area contributed by atoms with Crippen LogP contribution in [0.3, 0.4) is 0 Å². The molecule has 20 heavy (non-hydrogen) atoms. The van der Waals surface area contributed by atoms with Crippen LogP contribution in [0.1, 0.15) is 52.5 Å². The van der Waals surface area contributed by atoms with Crippen LogP contribution >= 0.6 is 0 Å². The minimum atomic E-state index is -0.489. The molecule has 0 amide bonds. The molecule has 0 aromatic heterocycles. The highest BCUT2D eigenvalue weighted by Crippen LogP contribution is 2.24. The van der Waals surface area contributed by atoms with Gasteiger partial charge in [0.25, 0.3) is 0 Å². The normalized spacial score (nSPS) is 13.5. The number of benzene rings is 1. The van der Waals surface area contributed by atoms with E-state index in [0.29, 0.717) is 6.04 Å². The molecule has 0 bridgehead atoms. The average molecular weight is 283 g/mol. The minimum absolute atomic E-state index is 0.197. The SMILES string of the molecule is CCCNC(CCCc1cc(F)cc(F)c1)C(C)(C)C. The van der Waals surface area contributed by atoms with Crippen LogP contribution in [-0.4, -0.2) is 12.6 Å². The maximum Gasteiger partial charge on any atom is 0.126 e. The molecule has 0 saturated carbocycles. The highest BCUT2D eigenvalue weighted by atomic mass is 19.1. The molecular formula is C17H27F2N. The van der Waals surface area contributed by atoms with Crippen molar-refractivity contribution in [1.29, 1.82) is 0 Å². The predicted molar refractivity (Wildman–Crippen MR) is 80.8 cm³/mol. The molecule has 1 nitrogen and oxygen atoms in total.